The predicted molar refractivity (Wildman–Crippen MR) is 89.5 cm³/mol. The van der Waals surface area contributed by atoms with Gasteiger partial charge in [0.15, 0.2) is 0 Å². The van der Waals surface area contributed by atoms with Gasteiger partial charge in [-0.1, -0.05) is 6.07 Å². The molecule has 25 heavy (non-hydrogen) atoms. The van der Waals surface area contributed by atoms with Crippen molar-refractivity contribution in [1.29, 1.82) is 0 Å². The van der Waals surface area contributed by atoms with E-state index in [-0.39, 0.29) is 23.5 Å². The lowest BCUT2D eigenvalue weighted by Gasteiger charge is -2.04. The van der Waals surface area contributed by atoms with Gasteiger partial charge in [-0.25, -0.2) is 9.97 Å². The summed E-state index contributed by atoms with van der Waals surface area (Å²) in [4.78, 5) is 32.8. The molecule has 4 heterocycles. The first-order chi connectivity index (χ1) is 12.1. The molecule has 0 aliphatic carbocycles. The number of nitrogens with one attached hydrogen (secondary N) is 1. The summed E-state index contributed by atoms with van der Waals surface area (Å²) in [6.45, 7) is 0.178. The molecule has 0 aliphatic heterocycles. The molecule has 0 unspecified atom stereocenters. The van der Waals surface area contributed by atoms with Crippen molar-refractivity contribution < 1.29 is 9.90 Å². The molecule has 0 bridgehead atoms. The summed E-state index contributed by atoms with van der Waals surface area (Å²) in [5.74, 6) is -0.335. The number of aromatic nitrogens is 4. The Labute approximate surface area is 141 Å². The highest BCUT2D eigenvalue weighted by Gasteiger charge is 2.11. The zero-order chi connectivity index (χ0) is 17.4. The Bertz CT molecular complexity index is 1160. The number of carbonyl (C=O) groups is 1. The highest BCUT2D eigenvalue weighted by Crippen LogP contribution is 2.12. The number of fused-ring (bicyclic) bond motifs is 2. The first-order valence-corrected chi connectivity index (χ1v) is 7.53. The van der Waals surface area contributed by atoms with Crippen molar-refractivity contribution in [3.8, 4) is 5.75 Å². The Hall–Kier alpha value is -3.68. The molecular formula is C17H13N5O3. The number of rotatable bonds is 3. The van der Waals surface area contributed by atoms with E-state index in [1.807, 2.05) is 0 Å². The first-order valence-electron chi connectivity index (χ1n) is 7.53. The molecule has 0 saturated carbocycles. The smallest absolute Gasteiger partial charge is 0.270 e. The lowest BCUT2D eigenvalue weighted by molar-refractivity contribution is 0.0945. The van der Waals surface area contributed by atoms with Crippen molar-refractivity contribution in [1.82, 2.24) is 24.1 Å². The highest BCUT2D eigenvalue weighted by atomic mass is 16.3. The standard InChI is InChI=1S/C17H13N5O3/c23-12-4-6-21-10-11(19-15(21)7-12)9-18-17(25)13-8-16(24)22-5-2-1-3-14(22)20-13/h1-8,10,23H,9H2,(H,18,25). The number of carbonyl (C=O) groups excluding carboxylic acids is 1. The van der Waals surface area contributed by atoms with E-state index in [4.69, 9.17) is 0 Å². The van der Waals surface area contributed by atoms with Gasteiger partial charge in [0, 0.05) is 30.7 Å². The predicted octanol–water partition coefficient (Wildman–Crippen LogP) is 0.978. The maximum atomic E-state index is 12.3. The van der Waals surface area contributed by atoms with Crippen LogP contribution in [0.25, 0.3) is 11.3 Å². The van der Waals surface area contributed by atoms with Crippen LogP contribution in [0.5, 0.6) is 5.75 Å². The summed E-state index contributed by atoms with van der Waals surface area (Å²) in [6.07, 6.45) is 5.02. The van der Waals surface area contributed by atoms with Gasteiger partial charge in [0.1, 0.15) is 22.7 Å². The second-order valence-electron chi connectivity index (χ2n) is 5.47. The van der Waals surface area contributed by atoms with Crippen molar-refractivity contribution in [2.75, 3.05) is 0 Å². The van der Waals surface area contributed by atoms with Gasteiger partial charge in [-0.15, -0.1) is 0 Å². The third-order valence-corrected chi connectivity index (χ3v) is 3.73. The average molecular weight is 335 g/mol. The van der Waals surface area contributed by atoms with Gasteiger partial charge < -0.3 is 14.8 Å². The molecule has 4 aromatic heterocycles. The molecule has 4 rings (SSSR count). The van der Waals surface area contributed by atoms with Crippen molar-refractivity contribution in [3.63, 3.8) is 0 Å². The van der Waals surface area contributed by atoms with Crippen LogP contribution in [-0.2, 0) is 6.54 Å². The molecule has 0 spiro atoms. The number of imidazole rings is 1. The van der Waals surface area contributed by atoms with Crippen molar-refractivity contribution in [2.45, 2.75) is 6.54 Å². The lowest BCUT2D eigenvalue weighted by atomic mass is 10.3. The zero-order valence-corrected chi connectivity index (χ0v) is 13.0. The number of hydrogen-bond donors (Lipinski definition) is 2. The molecule has 4 aromatic rings. The largest absolute Gasteiger partial charge is 0.508 e. The van der Waals surface area contributed by atoms with E-state index in [0.29, 0.717) is 17.0 Å². The second kappa shape index (κ2) is 5.75. The fourth-order valence-corrected chi connectivity index (χ4v) is 2.54. The monoisotopic (exact) mass is 335 g/mol. The topological polar surface area (TPSA) is 101 Å². The van der Waals surface area contributed by atoms with Crippen molar-refractivity contribution in [2.24, 2.45) is 0 Å². The van der Waals surface area contributed by atoms with E-state index in [2.05, 4.69) is 15.3 Å². The van der Waals surface area contributed by atoms with Crippen LogP contribution in [0.4, 0.5) is 0 Å². The van der Waals surface area contributed by atoms with Gasteiger partial charge in [0.2, 0.25) is 0 Å². The number of hydrogen-bond acceptors (Lipinski definition) is 5. The summed E-state index contributed by atoms with van der Waals surface area (Å²) < 4.78 is 3.10. The van der Waals surface area contributed by atoms with Crippen LogP contribution in [0.1, 0.15) is 16.2 Å². The van der Waals surface area contributed by atoms with Gasteiger partial charge >= 0.3 is 0 Å². The number of amides is 1. The molecule has 2 N–H and O–H groups in total. The fourth-order valence-electron chi connectivity index (χ4n) is 2.54. The Balaban J connectivity index is 1.56. The van der Waals surface area contributed by atoms with E-state index >= 15 is 0 Å². The quantitative estimate of drug-likeness (QED) is 0.581. The molecule has 0 aromatic carbocycles. The Morgan fingerprint density at radius 2 is 2.00 bits per heavy atom. The Morgan fingerprint density at radius 1 is 1.12 bits per heavy atom. The minimum Gasteiger partial charge on any atom is -0.508 e. The van der Waals surface area contributed by atoms with Crippen LogP contribution in [0.3, 0.4) is 0 Å². The highest BCUT2D eigenvalue weighted by molar-refractivity contribution is 5.92. The lowest BCUT2D eigenvalue weighted by Crippen LogP contribution is -2.27. The number of pyridine rings is 2. The van der Waals surface area contributed by atoms with Gasteiger partial charge in [-0.3, -0.25) is 14.0 Å². The molecular weight excluding hydrogens is 322 g/mol. The summed E-state index contributed by atoms with van der Waals surface area (Å²) in [7, 11) is 0. The minimum atomic E-state index is -0.455. The van der Waals surface area contributed by atoms with Crippen LogP contribution in [0.15, 0.2) is 59.8 Å². The molecule has 1 amide bonds. The van der Waals surface area contributed by atoms with Gasteiger partial charge in [-0.05, 0) is 18.2 Å². The normalized spacial score (nSPS) is 11.0. The summed E-state index contributed by atoms with van der Waals surface area (Å²) in [5.41, 5.74) is 1.34. The zero-order valence-electron chi connectivity index (χ0n) is 13.0. The van der Waals surface area contributed by atoms with E-state index < -0.39 is 5.91 Å². The third kappa shape index (κ3) is 2.80. The van der Waals surface area contributed by atoms with Crippen LogP contribution in [-0.4, -0.2) is 29.8 Å². The summed E-state index contributed by atoms with van der Waals surface area (Å²) in [6, 6.07) is 9.39. The van der Waals surface area contributed by atoms with Crippen LogP contribution in [0.2, 0.25) is 0 Å². The maximum Gasteiger partial charge on any atom is 0.270 e. The molecule has 8 heteroatoms. The molecule has 0 saturated heterocycles. The SMILES string of the molecule is O=C(NCc1cn2ccc(O)cc2n1)c1cc(=O)n2ccccc2n1. The minimum absolute atomic E-state index is 0.0533. The second-order valence-corrected chi connectivity index (χ2v) is 5.47. The molecule has 8 nitrogen and oxygen atoms in total. The Morgan fingerprint density at radius 3 is 2.88 bits per heavy atom. The first kappa shape index (κ1) is 14.9. The molecule has 0 radical (unpaired) electrons. The average Bonchev–Trinajstić information content (AvgIpc) is 3.01. The summed E-state index contributed by atoms with van der Waals surface area (Å²) >= 11 is 0. The molecule has 124 valence electrons. The van der Waals surface area contributed by atoms with Crippen molar-refractivity contribution >= 4 is 17.2 Å². The summed E-state index contributed by atoms with van der Waals surface area (Å²) in [5, 5.41) is 12.2. The van der Waals surface area contributed by atoms with E-state index in [0.717, 1.165) is 0 Å². The van der Waals surface area contributed by atoms with E-state index in [9.17, 15) is 14.7 Å². The van der Waals surface area contributed by atoms with Gasteiger partial charge in [0.25, 0.3) is 11.5 Å². The fraction of sp³-hybridized carbons (Fsp3) is 0.0588. The third-order valence-electron chi connectivity index (χ3n) is 3.73. The Kier molecular flexibility index (Phi) is 3.42. The molecule has 0 fully saturated rings. The number of aromatic hydroxyl groups is 1. The van der Waals surface area contributed by atoms with E-state index in [1.54, 1.807) is 47.3 Å². The van der Waals surface area contributed by atoms with Gasteiger partial charge in [-0.2, -0.15) is 0 Å². The number of nitrogens with zero attached hydrogens (tertiary/aromatic N) is 4. The van der Waals surface area contributed by atoms with Gasteiger partial charge in [0.05, 0.1) is 12.2 Å². The van der Waals surface area contributed by atoms with E-state index in [1.165, 1.54) is 16.5 Å². The van der Waals surface area contributed by atoms with Crippen LogP contribution in [0, 0.1) is 0 Å². The molecule has 0 atom stereocenters. The van der Waals surface area contributed by atoms with Crippen molar-refractivity contribution in [3.05, 3.63) is 76.7 Å². The van der Waals surface area contributed by atoms with Crippen LogP contribution < -0.4 is 10.9 Å². The van der Waals surface area contributed by atoms with Crippen LogP contribution >= 0.6 is 0 Å². The molecule has 0 aliphatic rings. The maximum absolute atomic E-state index is 12.3.